The van der Waals surface area contributed by atoms with Crippen LogP contribution in [0.5, 0.6) is 0 Å². The second-order valence-corrected chi connectivity index (χ2v) is 11.4. The van der Waals surface area contributed by atoms with Crippen LogP contribution < -0.4 is 0 Å². The van der Waals surface area contributed by atoms with Gasteiger partial charge in [-0.25, -0.2) is 0 Å². The van der Waals surface area contributed by atoms with Crippen molar-refractivity contribution >= 4 is 14.6 Å². The van der Waals surface area contributed by atoms with E-state index < -0.39 is 26.6 Å². The highest BCUT2D eigenvalue weighted by molar-refractivity contribution is 6.74. The van der Waals surface area contributed by atoms with E-state index in [1.807, 2.05) is 0 Å². The molecule has 0 saturated carbocycles. The number of aliphatic hydroxyl groups is 2. The van der Waals surface area contributed by atoms with E-state index >= 15 is 0 Å². The van der Waals surface area contributed by atoms with Gasteiger partial charge in [0.2, 0.25) is 0 Å². The zero-order valence-corrected chi connectivity index (χ0v) is 14.1. The van der Waals surface area contributed by atoms with E-state index in [0.29, 0.717) is 12.7 Å². The van der Waals surface area contributed by atoms with Crippen LogP contribution in [0.2, 0.25) is 18.1 Å². The Morgan fingerprint density at radius 3 is 2.16 bits per heavy atom. The summed E-state index contributed by atoms with van der Waals surface area (Å²) in [6.45, 7) is 12.6. The molecule has 0 fully saturated rings. The highest BCUT2D eigenvalue weighted by atomic mass is 28.4. The van der Waals surface area contributed by atoms with Gasteiger partial charge in [-0.05, 0) is 24.6 Å². The van der Waals surface area contributed by atoms with E-state index in [1.165, 1.54) is 0 Å². The quantitative estimate of drug-likeness (QED) is 0.532. The zero-order chi connectivity index (χ0) is 15.3. The molecule has 0 rings (SSSR count). The highest BCUT2D eigenvalue weighted by Crippen LogP contribution is 2.38. The number of hydrogen-bond acceptors (Lipinski definition) is 4. The molecule has 2 N–H and O–H groups in total. The maximum Gasteiger partial charge on any atom is 0.192 e. The second-order valence-electron chi connectivity index (χ2n) is 6.68. The molecule has 114 valence electrons. The van der Waals surface area contributed by atoms with Gasteiger partial charge in [-0.1, -0.05) is 40.5 Å². The van der Waals surface area contributed by atoms with Crippen molar-refractivity contribution in [2.75, 3.05) is 0 Å². The fourth-order valence-corrected chi connectivity index (χ4v) is 2.93. The monoisotopic (exact) mass is 290 g/mol. The number of aliphatic hydroxyl groups excluding tert-OH is 2. The van der Waals surface area contributed by atoms with Gasteiger partial charge < -0.3 is 19.4 Å². The molecule has 0 aromatic rings. The van der Waals surface area contributed by atoms with Crippen LogP contribution in [0.25, 0.3) is 0 Å². The van der Waals surface area contributed by atoms with Crippen molar-refractivity contribution in [2.24, 2.45) is 0 Å². The topological polar surface area (TPSA) is 66.8 Å². The van der Waals surface area contributed by atoms with E-state index in [4.69, 9.17) is 4.43 Å². The van der Waals surface area contributed by atoms with Crippen molar-refractivity contribution in [2.45, 2.75) is 83.4 Å². The van der Waals surface area contributed by atoms with Crippen LogP contribution in [-0.4, -0.2) is 43.1 Å². The molecule has 0 aliphatic carbocycles. The Morgan fingerprint density at radius 2 is 1.79 bits per heavy atom. The normalized spacial score (nSPS) is 17.9. The summed E-state index contributed by atoms with van der Waals surface area (Å²) in [6.07, 6.45) is -0.0532. The first-order valence-corrected chi connectivity index (χ1v) is 9.97. The van der Waals surface area contributed by atoms with Crippen LogP contribution in [0.4, 0.5) is 0 Å². The van der Waals surface area contributed by atoms with Gasteiger partial charge in [0.05, 0.1) is 6.10 Å². The molecular formula is C14H30O4Si. The number of rotatable bonds is 8. The number of aldehydes is 1. The fourth-order valence-electron chi connectivity index (χ4n) is 1.56. The summed E-state index contributed by atoms with van der Waals surface area (Å²) < 4.78 is 6.16. The highest BCUT2D eigenvalue weighted by Gasteiger charge is 2.41. The van der Waals surface area contributed by atoms with Crippen LogP contribution >= 0.6 is 0 Å². The summed E-state index contributed by atoms with van der Waals surface area (Å²) in [6, 6.07) is 0. The van der Waals surface area contributed by atoms with Crippen molar-refractivity contribution in [3.05, 3.63) is 0 Å². The first-order chi connectivity index (χ1) is 8.56. The SMILES string of the molecule is CCCC[C@H](O[Si](C)(C)C(C)(C)C)[C@@H](O)[C@H](O)C=O. The van der Waals surface area contributed by atoms with E-state index in [9.17, 15) is 15.0 Å². The molecule has 0 amide bonds. The Labute approximate surface area is 118 Å². The molecule has 0 unspecified atom stereocenters. The minimum Gasteiger partial charge on any atom is -0.411 e. The van der Waals surface area contributed by atoms with E-state index in [1.54, 1.807) is 0 Å². The van der Waals surface area contributed by atoms with Crippen molar-refractivity contribution in [1.29, 1.82) is 0 Å². The van der Waals surface area contributed by atoms with Gasteiger partial charge in [-0.15, -0.1) is 0 Å². The fraction of sp³-hybridized carbons (Fsp3) is 0.929. The smallest absolute Gasteiger partial charge is 0.192 e. The van der Waals surface area contributed by atoms with Gasteiger partial charge in [0.15, 0.2) is 14.6 Å². The maximum atomic E-state index is 10.6. The first kappa shape index (κ1) is 18.8. The predicted molar refractivity (Wildman–Crippen MR) is 79.7 cm³/mol. The zero-order valence-electron chi connectivity index (χ0n) is 13.1. The van der Waals surface area contributed by atoms with Crippen molar-refractivity contribution in [1.82, 2.24) is 0 Å². The molecule has 0 spiro atoms. The molecule has 19 heavy (non-hydrogen) atoms. The van der Waals surface area contributed by atoms with Crippen LogP contribution in [0.1, 0.15) is 47.0 Å². The third-order valence-electron chi connectivity index (χ3n) is 3.96. The largest absolute Gasteiger partial charge is 0.411 e. The Balaban J connectivity index is 4.91. The van der Waals surface area contributed by atoms with Crippen LogP contribution in [0, 0.1) is 0 Å². The minimum absolute atomic E-state index is 0.0311. The molecule has 0 aromatic heterocycles. The van der Waals surface area contributed by atoms with Crippen LogP contribution in [0.15, 0.2) is 0 Å². The van der Waals surface area contributed by atoms with Gasteiger partial charge in [0.1, 0.15) is 12.2 Å². The Kier molecular flexibility index (Phi) is 7.43. The summed E-state index contributed by atoms with van der Waals surface area (Å²) in [5.74, 6) is 0. The van der Waals surface area contributed by atoms with Gasteiger partial charge >= 0.3 is 0 Å². The number of carbonyl (C=O) groups excluding carboxylic acids is 1. The van der Waals surface area contributed by atoms with Crippen molar-refractivity contribution < 1.29 is 19.4 Å². The second kappa shape index (κ2) is 7.52. The molecule has 0 aromatic carbocycles. The Hall–Kier alpha value is -0.233. The predicted octanol–water partition coefficient (Wildman–Crippen LogP) is 2.49. The summed E-state index contributed by atoms with van der Waals surface area (Å²) in [4.78, 5) is 10.6. The van der Waals surface area contributed by atoms with Gasteiger partial charge in [0, 0.05) is 0 Å². The van der Waals surface area contributed by atoms with E-state index in [-0.39, 0.29) is 5.04 Å². The summed E-state index contributed by atoms with van der Waals surface area (Å²) in [5.41, 5.74) is 0. The molecule has 0 aliphatic heterocycles. The standard InChI is InChI=1S/C14H30O4Si/c1-7-8-9-12(13(17)11(16)10-15)18-19(5,6)14(2,3)4/h10-13,16-17H,7-9H2,1-6H3/t11-,12+,13+/m1/s1. The lowest BCUT2D eigenvalue weighted by Crippen LogP contribution is -2.50. The third kappa shape index (κ3) is 5.73. The van der Waals surface area contributed by atoms with Gasteiger partial charge in [-0.2, -0.15) is 0 Å². The third-order valence-corrected chi connectivity index (χ3v) is 8.47. The average molecular weight is 290 g/mol. The lowest BCUT2D eigenvalue weighted by Gasteiger charge is -2.40. The molecule has 5 heteroatoms. The van der Waals surface area contributed by atoms with Crippen molar-refractivity contribution in [3.63, 3.8) is 0 Å². The maximum absolute atomic E-state index is 10.6. The molecule has 0 saturated heterocycles. The lowest BCUT2D eigenvalue weighted by atomic mass is 10.0. The molecule has 4 nitrogen and oxygen atoms in total. The van der Waals surface area contributed by atoms with Gasteiger partial charge in [-0.3, -0.25) is 0 Å². The molecule has 0 radical (unpaired) electrons. The summed E-state index contributed by atoms with van der Waals surface area (Å²) in [7, 11) is -2.03. The molecule has 0 bridgehead atoms. The number of hydrogen-bond donors (Lipinski definition) is 2. The van der Waals surface area contributed by atoms with Gasteiger partial charge in [0.25, 0.3) is 0 Å². The first-order valence-electron chi connectivity index (χ1n) is 7.06. The van der Waals surface area contributed by atoms with Crippen LogP contribution in [-0.2, 0) is 9.22 Å². The molecular weight excluding hydrogens is 260 g/mol. The molecule has 3 atom stereocenters. The van der Waals surface area contributed by atoms with E-state index in [2.05, 4.69) is 40.8 Å². The molecule has 0 heterocycles. The summed E-state index contributed by atoms with van der Waals surface area (Å²) in [5, 5.41) is 19.6. The Morgan fingerprint density at radius 1 is 1.26 bits per heavy atom. The number of unbranched alkanes of at least 4 members (excludes halogenated alkanes) is 1. The Bertz CT molecular complexity index is 273. The minimum atomic E-state index is -2.03. The molecule has 0 aliphatic rings. The summed E-state index contributed by atoms with van der Waals surface area (Å²) >= 11 is 0. The van der Waals surface area contributed by atoms with Crippen LogP contribution in [0.3, 0.4) is 0 Å². The number of carbonyl (C=O) groups is 1. The lowest BCUT2D eigenvalue weighted by molar-refractivity contribution is -0.125. The van der Waals surface area contributed by atoms with Crippen molar-refractivity contribution in [3.8, 4) is 0 Å². The van der Waals surface area contributed by atoms with E-state index in [0.717, 1.165) is 12.8 Å². The average Bonchev–Trinajstić information content (AvgIpc) is 2.30.